The van der Waals surface area contributed by atoms with Gasteiger partial charge in [-0.1, -0.05) is 0 Å². The summed E-state index contributed by atoms with van der Waals surface area (Å²) in [5.74, 6) is 0.507. The molecule has 1 fully saturated rings. The van der Waals surface area contributed by atoms with E-state index < -0.39 is 0 Å². The maximum absolute atomic E-state index is 10.9. The van der Waals surface area contributed by atoms with Gasteiger partial charge in [-0.15, -0.1) is 0 Å². The van der Waals surface area contributed by atoms with Crippen molar-refractivity contribution >= 4 is 5.95 Å². The van der Waals surface area contributed by atoms with Gasteiger partial charge in [0.2, 0.25) is 5.95 Å². The first-order chi connectivity index (χ1) is 6.84. The van der Waals surface area contributed by atoms with Gasteiger partial charge in [0.15, 0.2) is 0 Å². The molecule has 0 saturated carbocycles. The Bertz CT molecular complexity index is 344. The monoisotopic (exact) mass is 195 g/mol. The van der Waals surface area contributed by atoms with Crippen LogP contribution in [0.5, 0.6) is 0 Å². The lowest BCUT2D eigenvalue weighted by molar-refractivity contribution is 0.120. The highest BCUT2D eigenvalue weighted by Gasteiger charge is 2.14. The summed E-state index contributed by atoms with van der Waals surface area (Å²) in [6.45, 7) is 1.54. The normalized spacial score (nSPS) is 21.0. The van der Waals surface area contributed by atoms with Gasteiger partial charge in [-0.05, 0) is 12.8 Å². The van der Waals surface area contributed by atoms with Crippen LogP contribution in [-0.2, 0) is 4.74 Å². The Balaban J connectivity index is 1.88. The molecule has 1 aliphatic rings. The van der Waals surface area contributed by atoms with Gasteiger partial charge in [0.1, 0.15) is 0 Å². The first kappa shape index (κ1) is 9.21. The lowest BCUT2D eigenvalue weighted by Crippen LogP contribution is -2.21. The predicted octanol–water partition coefficient (Wildman–Crippen LogP) is 0.361. The lowest BCUT2D eigenvalue weighted by Gasteiger charge is -2.10. The van der Waals surface area contributed by atoms with E-state index in [4.69, 9.17) is 4.74 Å². The Kier molecular flexibility index (Phi) is 2.78. The highest BCUT2D eigenvalue weighted by atomic mass is 16.5. The molecule has 14 heavy (non-hydrogen) atoms. The molecule has 5 heteroatoms. The fraction of sp³-hybridized carbons (Fsp3) is 0.556. The van der Waals surface area contributed by atoms with Crippen LogP contribution in [0.15, 0.2) is 17.1 Å². The van der Waals surface area contributed by atoms with E-state index >= 15 is 0 Å². The Morgan fingerprint density at radius 2 is 2.64 bits per heavy atom. The molecule has 1 atom stereocenters. The molecule has 1 aromatic rings. The quantitative estimate of drug-likeness (QED) is 0.730. The molecule has 1 aromatic heterocycles. The van der Waals surface area contributed by atoms with Crippen LogP contribution in [0.2, 0.25) is 0 Å². The number of nitrogens with zero attached hydrogens (tertiary/aromatic N) is 1. The molecule has 0 spiro atoms. The molecule has 2 N–H and O–H groups in total. The first-order valence-electron chi connectivity index (χ1n) is 4.75. The second-order valence-corrected chi connectivity index (χ2v) is 3.30. The molecule has 1 saturated heterocycles. The fourth-order valence-electron chi connectivity index (χ4n) is 1.48. The van der Waals surface area contributed by atoms with Crippen LogP contribution in [0.4, 0.5) is 5.95 Å². The Morgan fingerprint density at radius 1 is 1.71 bits per heavy atom. The predicted molar refractivity (Wildman–Crippen MR) is 52.3 cm³/mol. The highest BCUT2D eigenvalue weighted by molar-refractivity contribution is 5.22. The van der Waals surface area contributed by atoms with Crippen LogP contribution < -0.4 is 10.9 Å². The van der Waals surface area contributed by atoms with E-state index in [2.05, 4.69) is 15.3 Å². The van der Waals surface area contributed by atoms with Crippen molar-refractivity contribution in [3.8, 4) is 0 Å². The number of rotatable bonds is 3. The van der Waals surface area contributed by atoms with E-state index in [-0.39, 0.29) is 11.7 Å². The number of hydrogen-bond donors (Lipinski definition) is 2. The molecule has 0 amide bonds. The van der Waals surface area contributed by atoms with Crippen LogP contribution in [0.3, 0.4) is 0 Å². The topological polar surface area (TPSA) is 67.0 Å². The molecule has 0 aromatic carbocycles. The van der Waals surface area contributed by atoms with Gasteiger partial charge in [0.25, 0.3) is 5.56 Å². The number of hydrogen-bond acceptors (Lipinski definition) is 4. The van der Waals surface area contributed by atoms with E-state index in [1.54, 1.807) is 0 Å². The second-order valence-electron chi connectivity index (χ2n) is 3.30. The van der Waals surface area contributed by atoms with Crippen molar-refractivity contribution < 1.29 is 4.74 Å². The van der Waals surface area contributed by atoms with Crippen molar-refractivity contribution in [1.82, 2.24) is 9.97 Å². The summed E-state index contributed by atoms with van der Waals surface area (Å²) < 4.78 is 5.42. The SMILES string of the molecule is O=c1ccnc(NCC2CCCO2)[nH]1. The van der Waals surface area contributed by atoms with Gasteiger partial charge < -0.3 is 10.1 Å². The summed E-state index contributed by atoms with van der Waals surface area (Å²) in [6.07, 6.45) is 3.92. The van der Waals surface area contributed by atoms with Crippen LogP contribution in [0.25, 0.3) is 0 Å². The Hall–Kier alpha value is -1.36. The summed E-state index contributed by atoms with van der Waals surface area (Å²) in [6, 6.07) is 1.39. The Morgan fingerprint density at radius 3 is 3.36 bits per heavy atom. The van der Waals surface area contributed by atoms with Crippen molar-refractivity contribution in [3.05, 3.63) is 22.6 Å². The van der Waals surface area contributed by atoms with Crippen molar-refractivity contribution in [2.45, 2.75) is 18.9 Å². The zero-order valence-electron chi connectivity index (χ0n) is 7.82. The molecular formula is C9H13N3O2. The van der Waals surface area contributed by atoms with Gasteiger partial charge in [0.05, 0.1) is 6.10 Å². The minimum absolute atomic E-state index is 0.144. The minimum Gasteiger partial charge on any atom is -0.376 e. The molecule has 0 bridgehead atoms. The molecule has 2 rings (SSSR count). The largest absolute Gasteiger partial charge is 0.376 e. The lowest BCUT2D eigenvalue weighted by atomic mass is 10.2. The standard InChI is InChI=1S/C9H13N3O2/c13-8-3-4-10-9(12-8)11-6-7-2-1-5-14-7/h3-4,7H,1-2,5-6H2,(H2,10,11,12,13). The summed E-state index contributed by atoms with van der Waals surface area (Å²) in [5.41, 5.74) is -0.144. The highest BCUT2D eigenvalue weighted by Crippen LogP contribution is 2.11. The van der Waals surface area contributed by atoms with Crippen LogP contribution in [-0.4, -0.2) is 29.2 Å². The number of aromatic nitrogens is 2. The summed E-state index contributed by atoms with van der Waals surface area (Å²) >= 11 is 0. The zero-order chi connectivity index (χ0) is 9.80. The van der Waals surface area contributed by atoms with E-state index in [1.807, 2.05) is 0 Å². The third-order valence-corrected chi connectivity index (χ3v) is 2.19. The molecule has 1 aliphatic heterocycles. The average molecular weight is 195 g/mol. The molecule has 2 heterocycles. The molecule has 0 aliphatic carbocycles. The van der Waals surface area contributed by atoms with Gasteiger partial charge in [0, 0.05) is 25.4 Å². The average Bonchev–Trinajstić information content (AvgIpc) is 2.67. The second kappa shape index (κ2) is 4.23. The van der Waals surface area contributed by atoms with Gasteiger partial charge >= 0.3 is 0 Å². The van der Waals surface area contributed by atoms with Crippen molar-refractivity contribution in [3.63, 3.8) is 0 Å². The number of nitrogens with one attached hydrogen (secondary N) is 2. The van der Waals surface area contributed by atoms with Crippen molar-refractivity contribution in [1.29, 1.82) is 0 Å². The third kappa shape index (κ3) is 2.32. The summed E-state index contributed by atoms with van der Waals surface area (Å²) in [4.78, 5) is 17.5. The molecule has 1 unspecified atom stereocenters. The van der Waals surface area contributed by atoms with Gasteiger partial charge in [-0.3, -0.25) is 9.78 Å². The molecular weight excluding hydrogens is 182 g/mol. The third-order valence-electron chi connectivity index (χ3n) is 2.19. The molecule has 76 valence electrons. The minimum atomic E-state index is -0.144. The zero-order valence-corrected chi connectivity index (χ0v) is 7.82. The molecule has 5 nitrogen and oxygen atoms in total. The van der Waals surface area contributed by atoms with Gasteiger partial charge in [-0.25, -0.2) is 4.98 Å². The van der Waals surface area contributed by atoms with Gasteiger partial charge in [-0.2, -0.15) is 0 Å². The molecule has 0 radical (unpaired) electrons. The van der Waals surface area contributed by atoms with E-state index in [0.29, 0.717) is 12.5 Å². The number of aromatic amines is 1. The smallest absolute Gasteiger partial charge is 0.252 e. The fourth-order valence-corrected chi connectivity index (χ4v) is 1.48. The van der Waals surface area contributed by atoms with Crippen LogP contribution in [0.1, 0.15) is 12.8 Å². The maximum Gasteiger partial charge on any atom is 0.252 e. The maximum atomic E-state index is 10.9. The van der Waals surface area contributed by atoms with Crippen LogP contribution in [0, 0.1) is 0 Å². The number of H-pyrrole nitrogens is 1. The first-order valence-corrected chi connectivity index (χ1v) is 4.75. The Labute approximate surface area is 81.5 Å². The van der Waals surface area contributed by atoms with E-state index in [1.165, 1.54) is 12.3 Å². The van der Waals surface area contributed by atoms with Crippen LogP contribution >= 0.6 is 0 Å². The van der Waals surface area contributed by atoms with Crippen molar-refractivity contribution in [2.24, 2.45) is 0 Å². The number of ether oxygens (including phenoxy) is 1. The summed E-state index contributed by atoms with van der Waals surface area (Å²) in [7, 11) is 0. The number of anilines is 1. The van der Waals surface area contributed by atoms with E-state index in [0.717, 1.165) is 19.4 Å². The van der Waals surface area contributed by atoms with Crippen molar-refractivity contribution in [2.75, 3.05) is 18.5 Å². The van der Waals surface area contributed by atoms with E-state index in [9.17, 15) is 4.79 Å². The summed E-state index contributed by atoms with van der Waals surface area (Å²) in [5, 5.41) is 3.04.